The molecule has 0 amide bonds. The van der Waals surface area contributed by atoms with Gasteiger partial charge in [0.2, 0.25) is 0 Å². The Morgan fingerprint density at radius 3 is 2.62 bits per heavy atom. The number of likely N-dealkylation sites (tertiary alicyclic amines) is 1. The summed E-state index contributed by atoms with van der Waals surface area (Å²) < 4.78 is 0. The Labute approximate surface area is 156 Å². The van der Waals surface area contributed by atoms with Gasteiger partial charge in [-0.25, -0.2) is 0 Å². The Morgan fingerprint density at radius 2 is 1.88 bits per heavy atom. The van der Waals surface area contributed by atoms with E-state index in [2.05, 4.69) is 78.1 Å². The molecule has 2 N–H and O–H groups in total. The molecule has 0 bridgehead atoms. The van der Waals surface area contributed by atoms with Gasteiger partial charge in [0, 0.05) is 36.2 Å². The molecule has 4 rings (SSSR count). The molecule has 26 heavy (non-hydrogen) atoms. The summed E-state index contributed by atoms with van der Waals surface area (Å²) in [5.74, 6) is 0. The highest BCUT2D eigenvalue weighted by molar-refractivity contribution is 6.88. The molecule has 0 spiro atoms. The SMILES string of the molecule is C[Si](C)(C)c1cccc(-c2ccc3[nH]c(CN4CC[C@H](O)C4)cc3c2)c1. The Morgan fingerprint density at radius 1 is 1.08 bits per heavy atom. The van der Waals surface area contributed by atoms with Gasteiger partial charge < -0.3 is 10.1 Å². The van der Waals surface area contributed by atoms with Gasteiger partial charge in [-0.3, -0.25) is 4.90 Å². The first-order chi connectivity index (χ1) is 12.4. The lowest BCUT2D eigenvalue weighted by molar-refractivity contribution is 0.174. The van der Waals surface area contributed by atoms with Crippen LogP contribution >= 0.6 is 0 Å². The standard InChI is InChI=1S/C22H28N2OSi/c1-26(2,3)21-6-4-5-16(13-21)17-7-8-22-18(11-17)12-19(23-22)14-24-10-9-20(25)15-24/h4-8,11-13,20,23,25H,9-10,14-15H2,1-3H3/t20-/m0/s1. The maximum atomic E-state index is 9.71. The van der Waals surface area contributed by atoms with Gasteiger partial charge in [0.1, 0.15) is 0 Å². The molecule has 3 aromatic rings. The van der Waals surface area contributed by atoms with Crippen molar-refractivity contribution >= 4 is 24.2 Å². The maximum absolute atomic E-state index is 9.71. The normalized spacial score (nSPS) is 18.7. The van der Waals surface area contributed by atoms with Crippen molar-refractivity contribution in [3.63, 3.8) is 0 Å². The fourth-order valence-corrected chi connectivity index (χ4v) is 5.00. The fraction of sp³-hybridized carbons (Fsp3) is 0.364. The number of aromatic nitrogens is 1. The number of hydrogen-bond donors (Lipinski definition) is 2. The van der Waals surface area contributed by atoms with Gasteiger partial charge in [-0.15, -0.1) is 0 Å². The van der Waals surface area contributed by atoms with Crippen LogP contribution in [0.5, 0.6) is 0 Å². The average Bonchev–Trinajstić information content (AvgIpc) is 3.19. The molecule has 1 aromatic heterocycles. The molecule has 1 aliphatic heterocycles. The van der Waals surface area contributed by atoms with E-state index in [1.807, 2.05) is 0 Å². The third-order valence-corrected chi connectivity index (χ3v) is 7.42. The molecular weight excluding hydrogens is 336 g/mol. The van der Waals surface area contributed by atoms with Crippen LogP contribution in [0.2, 0.25) is 19.6 Å². The number of nitrogens with zero attached hydrogens (tertiary/aromatic N) is 1. The lowest BCUT2D eigenvalue weighted by Crippen LogP contribution is -2.37. The Kier molecular flexibility index (Phi) is 4.51. The Balaban J connectivity index is 1.62. The average molecular weight is 365 g/mol. The van der Waals surface area contributed by atoms with Gasteiger partial charge in [-0.05, 0) is 35.7 Å². The van der Waals surface area contributed by atoms with Crippen molar-refractivity contribution in [3.8, 4) is 11.1 Å². The van der Waals surface area contributed by atoms with Crippen molar-refractivity contribution in [2.75, 3.05) is 13.1 Å². The zero-order valence-electron chi connectivity index (χ0n) is 15.9. The van der Waals surface area contributed by atoms with Crippen LogP contribution in [0.4, 0.5) is 0 Å². The molecule has 1 atom stereocenters. The van der Waals surface area contributed by atoms with Crippen LogP contribution in [0.3, 0.4) is 0 Å². The minimum absolute atomic E-state index is 0.162. The van der Waals surface area contributed by atoms with Crippen molar-refractivity contribution in [2.24, 2.45) is 0 Å². The predicted octanol–water partition coefficient (Wildman–Crippen LogP) is 3.95. The van der Waals surface area contributed by atoms with Gasteiger partial charge in [0.05, 0.1) is 14.2 Å². The van der Waals surface area contributed by atoms with E-state index in [-0.39, 0.29) is 6.10 Å². The van der Waals surface area contributed by atoms with E-state index in [0.717, 1.165) is 26.1 Å². The zero-order chi connectivity index (χ0) is 18.3. The number of nitrogens with one attached hydrogen (secondary N) is 1. The quantitative estimate of drug-likeness (QED) is 0.688. The monoisotopic (exact) mass is 364 g/mol. The number of aliphatic hydroxyl groups is 1. The second-order valence-electron chi connectivity index (χ2n) is 8.61. The maximum Gasteiger partial charge on any atom is 0.0776 e. The van der Waals surface area contributed by atoms with E-state index in [1.54, 1.807) is 0 Å². The highest BCUT2D eigenvalue weighted by Gasteiger charge is 2.20. The summed E-state index contributed by atoms with van der Waals surface area (Å²) in [6.45, 7) is 9.82. The van der Waals surface area contributed by atoms with E-state index < -0.39 is 8.07 Å². The molecule has 2 heterocycles. The first-order valence-electron chi connectivity index (χ1n) is 9.51. The molecule has 3 nitrogen and oxygen atoms in total. The lowest BCUT2D eigenvalue weighted by Gasteiger charge is -2.17. The number of aromatic amines is 1. The molecule has 0 radical (unpaired) electrons. The van der Waals surface area contributed by atoms with Crippen LogP contribution in [0.1, 0.15) is 12.1 Å². The van der Waals surface area contributed by atoms with Crippen LogP contribution in [0.25, 0.3) is 22.0 Å². The summed E-state index contributed by atoms with van der Waals surface area (Å²) in [7, 11) is -1.31. The summed E-state index contributed by atoms with van der Waals surface area (Å²) in [4.78, 5) is 5.85. The summed E-state index contributed by atoms with van der Waals surface area (Å²) in [6, 6.07) is 18.0. The number of H-pyrrole nitrogens is 1. The molecule has 0 unspecified atom stereocenters. The first kappa shape index (κ1) is 17.5. The van der Waals surface area contributed by atoms with E-state index in [4.69, 9.17) is 0 Å². The number of rotatable bonds is 4. The van der Waals surface area contributed by atoms with E-state index in [0.29, 0.717) is 0 Å². The first-order valence-corrected chi connectivity index (χ1v) is 13.0. The van der Waals surface area contributed by atoms with Gasteiger partial charge >= 0.3 is 0 Å². The van der Waals surface area contributed by atoms with Crippen LogP contribution in [0, 0.1) is 0 Å². The molecule has 0 saturated carbocycles. The van der Waals surface area contributed by atoms with E-state index in [1.165, 1.54) is 32.9 Å². The number of hydrogen-bond acceptors (Lipinski definition) is 2. The second-order valence-corrected chi connectivity index (χ2v) is 13.7. The molecule has 1 saturated heterocycles. The van der Waals surface area contributed by atoms with Gasteiger partial charge in [0.15, 0.2) is 0 Å². The fourth-order valence-electron chi connectivity index (χ4n) is 3.82. The number of fused-ring (bicyclic) bond motifs is 1. The lowest BCUT2D eigenvalue weighted by atomic mass is 10.0. The van der Waals surface area contributed by atoms with Gasteiger partial charge in [-0.1, -0.05) is 55.2 Å². The Bertz CT molecular complexity index is 925. The third-order valence-electron chi connectivity index (χ3n) is 5.38. The summed E-state index contributed by atoms with van der Waals surface area (Å²) >= 11 is 0. The third kappa shape index (κ3) is 3.63. The van der Waals surface area contributed by atoms with Crippen molar-refractivity contribution in [1.82, 2.24) is 9.88 Å². The number of β-amino-alcohol motifs (C(OH)–C–C–N with tert-alkyl or cyclic N) is 1. The zero-order valence-corrected chi connectivity index (χ0v) is 16.9. The van der Waals surface area contributed by atoms with Crippen LogP contribution < -0.4 is 5.19 Å². The highest BCUT2D eigenvalue weighted by atomic mass is 28.3. The van der Waals surface area contributed by atoms with Crippen molar-refractivity contribution < 1.29 is 5.11 Å². The number of aliphatic hydroxyl groups excluding tert-OH is 1. The smallest absolute Gasteiger partial charge is 0.0776 e. The van der Waals surface area contributed by atoms with Gasteiger partial charge in [-0.2, -0.15) is 0 Å². The molecule has 0 aliphatic carbocycles. The second kappa shape index (κ2) is 6.69. The Hall–Kier alpha value is -1.88. The van der Waals surface area contributed by atoms with E-state index >= 15 is 0 Å². The minimum Gasteiger partial charge on any atom is -0.392 e. The van der Waals surface area contributed by atoms with Crippen LogP contribution in [0.15, 0.2) is 48.5 Å². The van der Waals surface area contributed by atoms with Crippen molar-refractivity contribution in [1.29, 1.82) is 0 Å². The molecular formula is C22H28N2OSi. The molecule has 1 aliphatic rings. The van der Waals surface area contributed by atoms with E-state index in [9.17, 15) is 5.11 Å². The van der Waals surface area contributed by atoms with Crippen molar-refractivity contribution in [3.05, 3.63) is 54.2 Å². The molecule has 1 fully saturated rings. The summed E-state index contributed by atoms with van der Waals surface area (Å²) in [6.07, 6.45) is 0.724. The topological polar surface area (TPSA) is 39.3 Å². The van der Waals surface area contributed by atoms with Crippen LogP contribution in [-0.4, -0.2) is 42.3 Å². The largest absolute Gasteiger partial charge is 0.392 e. The summed E-state index contributed by atoms with van der Waals surface area (Å²) in [5, 5.41) is 12.5. The van der Waals surface area contributed by atoms with Gasteiger partial charge in [0.25, 0.3) is 0 Å². The molecule has 2 aromatic carbocycles. The molecule has 136 valence electrons. The minimum atomic E-state index is -1.31. The van der Waals surface area contributed by atoms with Crippen molar-refractivity contribution in [2.45, 2.75) is 38.7 Å². The highest BCUT2D eigenvalue weighted by Crippen LogP contribution is 2.26. The number of benzene rings is 2. The molecule has 4 heteroatoms. The summed E-state index contributed by atoms with van der Waals surface area (Å²) in [5.41, 5.74) is 4.99. The van der Waals surface area contributed by atoms with Crippen LogP contribution in [-0.2, 0) is 6.54 Å². The predicted molar refractivity (Wildman–Crippen MR) is 113 cm³/mol.